The minimum atomic E-state index is -0.193. The summed E-state index contributed by atoms with van der Waals surface area (Å²) in [5, 5.41) is 11.7. The van der Waals surface area contributed by atoms with Crippen LogP contribution >= 0.6 is 0 Å². The van der Waals surface area contributed by atoms with E-state index in [-0.39, 0.29) is 11.2 Å². The van der Waals surface area contributed by atoms with Crippen molar-refractivity contribution in [2.75, 3.05) is 25.0 Å². The summed E-state index contributed by atoms with van der Waals surface area (Å²) < 4.78 is 6.07. The Labute approximate surface area is 160 Å². The van der Waals surface area contributed by atoms with Gasteiger partial charge in [-0.2, -0.15) is 5.10 Å². The lowest BCUT2D eigenvalue weighted by Crippen LogP contribution is -2.40. The molecule has 27 heavy (non-hydrogen) atoms. The van der Waals surface area contributed by atoms with Crippen molar-refractivity contribution in [2.45, 2.75) is 45.6 Å². The zero-order valence-corrected chi connectivity index (χ0v) is 16.5. The molecule has 2 heterocycles. The molecule has 2 aromatic rings. The van der Waals surface area contributed by atoms with Gasteiger partial charge < -0.3 is 15.0 Å². The number of aromatic nitrogens is 2. The fourth-order valence-corrected chi connectivity index (χ4v) is 3.40. The van der Waals surface area contributed by atoms with Crippen LogP contribution in [0.3, 0.4) is 0 Å². The van der Waals surface area contributed by atoms with Crippen LogP contribution in [-0.2, 0) is 4.74 Å². The van der Waals surface area contributed by atoms with Gasteiger partial charge in [-0.05, 0) is 51.7 Å². The van der Waals surface area contributed by atoms with Gasteiger partial charge in [0.25, 0.3) is 5.56 Å². The van der Waals surface area contributed by atoms with Gasteiger partial charge >= 0.3 is 0 Å². The first-order valence-corrected chi connectivity index (χ1v) is 9.74. The first kappa shape index (κ1) is 19.3. The van der Waals surface area contributed by atoms with E-state index in [2.05, 4.69) is 47.8 Å². The number of benzene rings is 1. The monoisotopic (exact) mass is 370 g/mol. The van der Waals surface area contributed by atoms with Gasteiger partial charge in [-0.15, -0.1) is 0 Å². The van der Waals surface area contributed by atoms with Crippen molar-refractivity contribution in [1.29, 1.82) is 0 Å². The van der Waals surface area contributed by atoms with E-state index in [1.165, 1.54) is 0 Å². The number of likely N-dealkylation sites (tertiary alicyclic amines) is 1. The fraction of sp³-hybridized carbons (Fsp3) is 0.524. The quantitative estimate of drug-likeness (QED) is 0.727. The minimum Gasteiger partial charge on any atom is -0.474 e. The average Bonchev–Trinajstić information content (AvgIpc) is 2.67. The molecule has 1 fully saturated rings. The van der Waals surface area contributed by atoms with Gasteiger partial charge in [0.1, 0.15) is 5.60 Å². The summed E-state index contributed by atoms with van der Waals surface area (Å²) in [6.45, 7) is 13.1. The van der Waals surface area contributed by atoms with Gasteiger partial charge in [0.15, 0.2) is 11.7 Å². The molecule has 6 nitrogen and oxygen atoms in total. The highest BCUT2D eigenvalue weighted by Gasteiger charge is 2.25. The van der Waals surface area contributed by atoms with Gasteiger partial charge in [0.2, 0.25) is 0 Å². The third-order valence-electron chi connectivity index (χ3n) is 5.37. The maximum absolute atomic E-state index is 11.9. The van der Waals surface area contributed by atoms with Crippen LogP contribution in [0, 0.1) is 5.92 Å². The predicted octanol–water partition coefficient (Wildman–Crippen LogP) is 3.72. The Morgan fingerprint density at radius 3 is 2.89 bits per heavy atom. The molecule has 0 spiro atoms. The number of anilines is 1. The van der Waals surface area contributed by atoms with Crippen LogP contribution in [0.4, 0.5) is 5.82 Å². The molecule has 1 aromatic heterocycles. The molecule has 0 aliphatic carbocycles. The van der Waals surface area contributed by atoms with Crippen molar-refractivity contribution in [3.63, 3.8) is 0 Å². The number of H-pyrrole nitrogens is 1. The molecule has 0 amide bonds. The zero-order chi connectivity index (χ0) is 19.4. The van der Waals surface area contributed by atoms with Crippen molar-refractivity contribution in [3.8, 4) is 0 Å². The van der Waals surface area contributed by atoms with Crippen LogP contribution in [0.15, 0.2) is 41.5 Å². The SMILES string of the molecule is C=C(OC(C)(C)CC)N1CCCC(CNc2n[nH]c(=O)c3ccccc23)C1. The molecule has 1 unspecified atom stereocenters. The summed E-state index contributed by atoms with van der Waals surface area (Å²) in [5.74, 6) is 1.96. The zero-order valence-electron chi connectivity index (χ0n) is 16.5. The second-order valence-electron chi connectivity index (χ2n) is 7.89. The topological polar surface area (TPSA) is 70.2 Å². The Morgan fingerprint density at radius 1 is 1.41 bits per heavy atom. The number of hydrogen-bond donors (Lipinski definition) is 2. The van der Waals surface area contributed by atoms with Crippen molar-refractivity contribution >= 4 is 16.6 Å². The third kappa shape index (κ3) is 4.62. The molecule has 0 radical (unpaired) electrons. The van der Waals surface area contributed by atoms with Crippen LogP contribution in [-0.4, -0.2) is 40.3 Å². The summed E-state index contributed by atoms with van der Waals surface area (Å²) in [6.07, 6.45) is 3.20. The number of ether oxygens (including phenoxy) is 1. The standard InChI is InChI=1S/C21H30N4O2/c1-5-21(3,4)27-15(2)25-12-8-9-16(14-25)13-22-19-17-10-6-7-11-18(17)20(26)24-23-19/h6-7,10-11,16H,2,5,8-9,12-14H2,1,3-4H3,(H,22,23)(H,24,26). The predicted molar refractivity (Wildman–Crippen MR) is 110 cm³/mol. The highest BCUT2D eigenvalue weighted by molar-refractivity contribution is 5.90. The van der Waals surface area contributed by atoms with Gasteiger partial charge in [0.05, 0.1) is 5.39 Å². The lowest BCUT2D eigenvalue weighted by atomic mass is 9.98. The molecule has 3 rings (SSSR count). The number of nitrogens with one attached hydrogen (secondary N) is 2. The fourth-order valence-electron chi connectivity index (χ4n) is 3.40. The summed E-state index contributed by atoms with van der Waals surface area (Å²) in [4.78, 5) is 14.2. The molecule has 0 saturated carbocycles. The second-order valence-corrected chi connectivity index (χ2v) is 7.89. The van der Waals surface area contributed by atoms with Gasteiger partial charge in [0, 0.05) is 25.0 Å². The summed E-state index contributed by atoms with van der Waals surface area (Å²) in [6, 6.07) is 7.54. The van der Waals surface area contributed by atoms with Crippen LogP contribution in [0.2, 0.25) is 0 Å². The number of aromatic amines is 1. The number of rotatable bonds is 7. The van der Waals surface area contributed by atoms with Crippen molar-refractivity contribution in [3.05, 3.63) is 47.1 Å². The van der Waals surface area contributed by atoms with Crippen LogP contribution < -0.4 is 10.9 Å². The maximum Gasteiger partial charge on any atom is 0.272 e. The highest BCUT2D eigenvalue weighted by atomic mass is 16.5. The van der Waals surface area contributed by atoms with E-state index in [1.54, 1.807) is 0 Å². The molecule has 2 N–H and O–H groups in total. The lowest BCUT2D eigenvalue weighted by Gasteiger charge is -2.38. The number of fused-ring (bicyclic) bond motifs is 1. The molecule has 1 saturated heterocycles. The van der Waals surface area contributed by atoms with Gasteiger partial charge in [-0.3, -0.25) is 4.79 Å². The maximum atomic E-state index is 11.9. The second kappa shape index (κ2) is 8.03. The Balaban J connectivity index is 1.63. The average molecular weight is 370 g/mol. The van der Waals surface area contributed by atoms with E-state index in [9.17, 15) is 4.79 Å². The molecule has 1 aliphatic heterocycles. The summed E-state index contributed by atoms with van der Waals surface area (Å²) in [5.41, 5.74) is -0.354. The normalized spacial score (nSPS) is 17.7. The van der Waals surface area contributed by atoms with E-state index in [0.717, 1.165) is 56.0 Å². The molecule has 146 valence electrons. The molecular formula is C21H30N4O2. The third-order valence-corrected chi connectivity index (χ3v) is 5.37. The molecular weight excluding hydrogens is 340 g/mol. The van der Waals surface area contributed by atoms with Gasteiger partial charge in [-0.25, -0.2) is 5.10 Å². The first-order valence-electron chi connectivity index (χ1n) is 9.74. The van der Waals surface area contributed by atoms with E-state index in [1.807, 2.05) is 24.3 Å². The smallest absolute Gasteiger partial charge is 0.272 e. The number of nitrogens with zero attached hydrogens (tertiary/aromatic N) is 2. The van der Waals surface area contributed by atoms with Crippen molar-refractivity contribution in [1.82, 2.24) is 15.1 Å². The highest BCUT2D eigenvalue weighted by Crippen LogP contribution is 2.25. The minimum absolute atomic E-state index is 0.160. The van der Waals surface area contributed by atoms with Crippen LogP contribution in [0.25, 0.3) is 10.8 Å². The molecule has 1 aromatic carbocycles. The summed E-state index contributed by atoms with van der Waals surface area (Å²) in [7, 11) is 0. The van der Waals surface area contributed by atoms with Crippen LogP contribution in [0.1, 0.15) is 40.0 Å². The van der Waals surface area contributed by atoms with E-state index in [0.29, 0.717) is 11.3 Å². The Bertz CT molecular complexity index is 859. The Hall–Kier alpha value is -2.50. The first-order chi connectivity index (χ1) is 12.9. The Morgan fingerprint density at radius 2 is 2.15 bits per heavy atom. The molecule has 6 heteroatoms. The molecule has 1 atom stereocenters. The summed E-state index contributed by atoms with van der Waals surface area (Å²) >= 11 is 0. The molecule has 1 aliphatic rings. The lowest BCUT2D eigenvalue weighted by molar-refractivity contribution is -0.0210. The number of piperidine rings is 1. The van der Waals surface area contributed by atoms with E-state index in [4.69, 9.17) is 4.74 Å². The van der Waals surface area contributed by atoms with Crippen LogP contribution in [0.5, 0.6) is 0 Å². The Kier molecular flexibility index (Phi) is 5.73. The number of hydrogen-bond acceptors (Lipinski definition) is 5. The largest absolute Gasteiger partial charge is 0.474 e. The van der Waals surface area contributed by atoms with Crippen molar-refractivity contribution < 1.29 is 4.74 Å². The van der Waals surface area contributed by atoms with Crippen molar-refractivity contribution in [2.24, 2.45) is 5.92 Å². The molecule has 0 bridgehead atoms. The van der Waals surface area contributed by atoms with Gasteiger partial charge in [-0.1, -0.05) is 25.1 Å². The van der Waals surface area contributed by atoms with E-state index >= 15 is 0 Å². The van der Waals surface area contributed by atoms with E-state index < -0.39 is 0 Å².